The minimum atomic E-state index is -0.148. The van der Waals surface area contributed by atoms with Crippen LogP contribution in [0.5, 0.6) is 0 Å². The predicted molar refractivity (Wildman–Crippen MR) is 97.3 cm³/mol. The number of nitrogens with zero attached hydrogens (tertiary/aromatic N) is 1. The van der Waals surface area contributed by atoms with E-state index in [1.165, 1.54) is 37.7 Å². The van der Waals surface area contributed by atoms with Gasteiger partial charge in [0.1, 0.15) is 0 Å². The molecule has 3 heterocycles. The number of fused-ring (bicyclic) bond motifs is 1. The maximum absolute atomic E-state index is 12.7. The smallest absolute Gasteiger partial charge is 0.335 e. The van der Waals surface area contributed by atoms with Gasteiger partial charge < -0.3 is 10.1 Å². The summed E-state index contributed by atoms with van der Waals surface area (Å²) in [5.74, 6) is -0.148. The van der Waals surface area contributed by atoms with Crippen molar-refractivity contribution in [3.63, 3.8) is 0 Å². The van der Waals surface area contributed by atoms with E-state index in [2.05, 4.69) is 41.4 Å². The molecule has 3 atom stereocenters. The van der Waals surface area contributed by atoms with Gasteiger partial charge in [-0.05, 0) is 62.2 Å². The third-order valence-corrected chi connectivity index (χ3v) is 7.41. The number of piperidine rings is 1. The Bertz CT molecular complexity index is 786. The molecule has 1 unspecified atom stereocenters. The van der Waals surface area contributed by atoms with Crippen LogP contribution < -0.4 is 5.32 Å². The summed E-state index contributed by atoms with van der Waals surface area (Å²) < 4.78 is 5.22. The molecule has 1 spiro atoms. The Balaban J connectivity index is 1.81. The standard InChI is InChI=1S/C21H26N2O2/c1-3-20-9-6-11-23-12-10-21(19(20)23)15-7-4-5-8-16(15)22-17(21)14(13-20)18(24)25-2/h4-5,7-8,19,22H,3,6,9-13H2,1-2H3/t19?,20-,21-/m0/s1. The average molecular weight is 338 g/mol. The topological polar surface area (TPSA) is 41.6 Å². The summed E-state index contributed by atoms with van der Waals surface area (Å²) in [4.78, 5) is 15.4. The lowest BCUT2D eigenvalue weighted by Gasteiger charge is -2.56. The number of para-hydroxylation sites is 1. The fourth-order valence-electron chi connectivity index (χ4n) is 6.49. The summed E-state index contributed by atoms with van der Waals surface area (Å²) >= 11 is 0. The lowest BCUT2D eigenvalue weighted by atomic mass is 9.53. The molecule has 2 fully saturated rings. The molecule has 132 valence electrons. The molecule has 0 saturated carbocycles. The highest BCUT2D eigenvalue weighted by Crippen LogP contribution is 2.65. The second kappa shape index (κ2) is 5.10. The number of rotatable bonds is 2. The van der Waals surface area contributed by atoms with Crippen LogP contribution in [0.2, 0.25) is 0 Å². The Labute approximate surface area is 149 Å². The third-order valence-electron chi connectivity index (χ3n) is 7.41. The van der Waals surface area contributed by atoms with Crippen molar-refractivity contribution < 1.29 is 9.53 Å². The van der Waals surface area contributed by atoms with Crippen molar-refractivity contribution in [2.75, 3.05) is 25.5 Å². The Hall–Kier alpha value is -1.81. The SMILES string of the molecule is CC[C@]12CCCN3CC[C@]4(C(=C(C(=O)OC)C1)Nc1ccccc14)C32. The van der Waals surface area contributed by atoms with Gasteiger partial charge in [-0.2, -0.15) is 0 Å². The summed E-state index contributed by atoms with van der Waals surface area (Å²) in [5.41, 5.74) is 4.71. The third kappa shape index (κ3) is 1.74. The Morgan fingerprint density at radius 1 is 1.32 bits per heavy atom. The predicted octanol–water partition coefficient (Wildman–Crippen LogP) is 3.45. The molecule has 4 heteroatoms. The summed E-state index contributed by atoms with van der Waals surface area (Å²) in [6, 6.07) is 9.15. The van der Waals surface area contributed by atoms with Crippen molar-refractivity contribution in [1.29, 1.82) is 0 Å². The van der Waals surface area contributed by atoms with Crippen LogP contribution in [0.15, 0.2) is 35.5 Å². The number of nitrogens with one attached hydrogen (secondary N) is 1. The zero-order valence-electron chi connectivity index (χ0n) is 15.1. The number of carbonyl (C=O) groups excluding carboxylic acids is 1. The zero-order chi connectivity index (χ0) is 17.2. The Morgan fingerprint density at radius 2 is 2.16 bits per heavy atom. The minimum absolute atomic E-state index is 0.0607. The molecular formula is C21H26N2O2. The van der Waals surface area contributed by atoms with Crippen LogP contribution >= 0.6 is 0 Å². The van der Waals surface area contributed by atoms with E-state index in [9.17, 15) is 4.79 Å². The highest BCUT2D eigenvalue weighted by molar-refractivity contribution is 5.93. The molecule has 1 aromatic carbocycles. The van der Waals surface area contributed by atoms with E-state index >= 15 is 0 Å². The molecule has 0 aromatic heterocycles. The molecule has 1 aromatic rings. The van der Waals surface area contributed by atoms with E-state index in [1.54, 1.807) is 0 Å². The highest BCUT2D eigenvalue weighted by atomic mass is 16.5. The van der Waals surface area contributed by atoms with Crippen molar-refractivity contribution in [2.45, 2.75) is 50.5 Å². The van der Waals surface area contributed by atoms with Crippen LogP contribution in [-0.2, 0) is 14.9 Å². The molecule has 0 bridgehead atoms. The molecule has 1 aliphatic carbocycles. The molecule has 2 saturated heterocycles. The second-order valence-corrected chi connectivity index (χ2v) is 8.17. The first-order valence-corrected chi connectivity index (χ1v) is 9.59. The van der Waals surface area contributed by atoms with Gasteiger partial charge in [-0.15, -0.1) is 0 Å². The van der Waals surface area contributed by atoms with Crippen molar-refractivity contribution in [3.8, 4) is 0 Å². The number of benzene rings is 1. The fourth-order valence-corrected chi connectivity index (χ4v) is 6.49. The number of hydrogen-bond donors (Lipinski definition) is 1. The largest absolute Gasteiger partial charge is 0.466 e. The van der Waals surface area contributed by atoms with E-state index in [1.807, 2.05) is 0 Å². The lowest BCUT2D eigenvalue weighted by Crippen LogP contribution is -2.59. The maximum atomic E-state index is 12.7. The molecule has 3 aliphatic heterocycles. The van der Waals surface area contributed by atoms with E-state index in [-0.39, 0.29) is 16.8 Å². The first kappa shape index (κ1) is 15.4. The molecule has 5 rings (SSSR count). The van der Waals surface area contributed by atoms with Crippen LogP contribution in [0.1, 0.15) is 44.6 Å². The van der Waals surface area contributed by atoms with Gasteiger partial charge in [0.2, 0.25) is 0 Å². The van der Waals surface area contributed by atoms with E-state index in [0.29, 0.717) is 6.04 Å². The van der Waals surface area contributed by atoms with E-state index < -0.39 is 0 Å². The van der Waals surface area contributed by atoms with Crippen LogP contribution in [0.25, 0.3) is 0 Å². The van der Waals surface area contributed by atoms with E-state index in [0.717, 1.165) is 37.1 Å². The Kier molecular flexibility index (Phi) is 3.15. The van der Waals surface area contributed by atoms with Gasteiger partial charge in [-0.3, -0.25) is 4.90 Å². The normalized spacial score (nSPS) is 35.7. The van der Waals surface area contributed by atoms with Gasteiger partial charge in [0, 0.05) is 17.4 Å². The van der Waals surface area contributed by atoms with Gasteiger partial charge in [0.05, 0.1) is 18.1 Å². The Morgan fingerprint density at radius 3 is 2.96 bits per heavy atom. The first-order chi connectivity index (χ1) is 12.2. The molecule has 25 heavy (non-hydrogen) atoms. The van der Waals surface area contributed by atoms with E-state index in [4.69, 9.17) is 4.74 Å². The lowest BCUT2D eigenvalue weighted by molar-refractivity contribution is -0.137. The summed E-state index contributed by atoms with van der Waals surface area (Å²) in [6.45, 7) is 4.63. The molecule has 4 nitrogen and oxygen atoms in total. The average Bonchev–Trinajstić information content (AvgIpc) is 3.21. The maximum Gasteiger partial charge on any atom is 0.335 e. The monoisotopic (exact) mass is 338 g/mol. The molecular weight excluding hydrogens is 312 g/mol. The summed E-state index contributed by atoms with van der Waals surface area (Å²) in [5, 5.41) is 3.65. The van der Waals surface area contributed by atoms with Crippen molar-refractivity contribution in [3.05, 3.63) is 41.1 Å². The van der Waals surface area contributed by atoms with Gasteiger partial charge in [-0.1, -0.05) is 25.1 Å². The minimum Gasteiger partial charge on any atom is -0.466 e. The number of methoxy groups -OCH3 is 1. The van der Waals surface area contributed by atoms with Gasteiger partial charge in [-0.25, -0.2) is 4.79 Å². The summed E-state index contributed by atoms with van der Waals surface area (Å²) in [6.07, 6.45) is 5.50. The highest BCUT2D eigenvalue weighted by Gasteiger charge is 2.65. The quantitative estimate of drug-likeness (QED) is 0.839. The van der Waals surface area contributed by atoms with Crippen molar-refractivity contribution in [1.82, 2.24) is 4.90 Å². The number of ether oxygens (including phenoxy) is 1. The van der Waals surface area contributed by atoms with Crippen LogP contribution in [0.4, 0.5) is 5.69 Å². The molecule has 0 amide bonds. The van der Waals surface area contributed by atoms with Gasteiger partial charge in [0.15, 0.2) is 0 Å². The molecule has 0 radical (unpaired) electrons. The molecule has 4 aliphatic rings. The fraction of sp³-hybridized carbons (Fsp3) is 0.571. The van der Waals surface area contributed by atoms with Crippen molar-refractivity contribution in [2.24, 2.45) is 5.41 Å². The first-order valence-electron chi connectivity index (χ1n) is 9.59. The number of hydrogen-bond acceptors (Lipinski definition) is 4. The number of anilines is 1. The van der Waals surface area contributed by atoms with Crippen LogP contribution in [0.3, 0.4) is 0 Å². The number of esters is 1. The van der Waals surface area contributed by atoms with Crippen LogP contribution in [-0.4, -0.2) is 37.1 Å². The zero-order valence-corrected chi connectivity index (χ0v) is 15.1. The number of carbonyl (C=O) groups is 1. The van der Waals surface area contributed by atoms with Gasteiger partial charge in [0.25, 0.3) is 0 Å². The van der Waals surface area contributed by atoms with Crippen LogP contribution in [0, 0.1) is 5.41 Å². The summed E-state index contributed by atoms with van der Waals surface area (Å²) in [7, 11) is 1.51. The van der Waals surface area contributed by atoms with Gasteiger partial charge >= 0.3 is 5.97 Å². The molecule has 1 N–H and O–H groups in total. The van der Waals surface area contributed by atoms with Crippen molar-refractivity contribution >= 4 is 11.7 Å². The second-order valence-electron chi connectivity index (χ2n) is 8.17.